The molecule has 0 spiro atoms. The molecule has 0 saturated heterocycles. The summed E-state index contributed by atoms with van der Waals surface area (Å²) in [6, 6.07) is 17.9. The SMILES string of the molecule is NC(=S(=O)=O)C(N)(c1ccccc1)c1ccccc1. The van der Waals surface area contributed by atoms with E-state index in [-0.39, 0.29) is 4.99 Å². The molecule has 0 saturated carbocycles. The summed E-state index contributed by atoms with van der Waals surface area (Å²) in [5.74, 6) is 0. The highest BCUT2D eigenvalue weighted by Crippen LogP contribution is 2.26. The molecule has 2 aromatic rings. The van der Waals surface area contributed by atoms with Crippen molar-refractivity contribution in [3.63, 3.8) is 0 Å². The molecule has 0 amide bonds. The van der Waals surface area contributed by atoms with Gasteiger partial charge in [0.2, 0.25) is 10.3 Å². The maximum absolute atomic E-state index is 11.3. The summed E-state index contributed by atoms with van der Waals surface area (Å²) < 4.78 is 22.5. The molecule has 0 heterocycles. The predicted molar refractivity (Wildman–Crippen MR) is 76.0 cm³/mol. The van der Waals surface area contributed by atoms with Gasteiger partial charge >= 0.3 is 0 Å². The van der Waals surface area contributed by atoms with Crippen molar-refractivity contribution in [3.05, 3.63) is 71.8 Å². The van der Waals surface area contributed by atoms with Crippen molar-refractivity contribution in [3.8, 4) is 0 Å². The lowest BCUT2D eigenvalue weighted by Crippen LogP contribution is -2.50. The largest absolute Gasteiger partial charge is 0.312 e. The first-order valence-electron chi connectivity index (χ1n) is 5.69. The van der Waals surface area contributed by atoms with Crippen LogP contribution in [0.25, 0.3) is 0 Å². The van der Waals surface area contributed by atoms with Gasteiger partial charge in [-0.15, -0.1) is 0 Å². The topological polar surface area (TPSA) is 86.2 Å². The summed E-state index contributed by atoms with van der Waals surface area (Å²) in [5.41, 5.74) is 12.0. The van der Waals surface area contributed by atoms with Crippen LogP contribution in [-0.4, -0.2) is 13.4 Å². The minimum Gasteiger partial charge on any atom is -0.312 e. The van der Waals surface area contributed by atoms with Gasteiger partial charge in [0.25, 0.3) is 0 Å². The molecule has 5 heteroatoms. The number of hydrogen-bond donors (Lipinski definition) is 2. The fourth-order valence-electron chi connectivity index (χ4n) is 1.98. The summed E-state index contributed by atoms with van der Waals surface area (Å²) in [5, 5.41) is 0. The highest BCUT2D eigenvalue weighted by Gasteiger charge is 2.34. The Labute approximate surface area is 113 Å². The third-order valence-corrected chi connectivity index (χ3v) is 3.71. The van der Waals surface area contributed by atoms with E-state index in [4.69, 9.17) is 11.5 Å². The summed E-state index contributed by atoms with van der Waals surface area (Å²) >= 11 is 0. The molecule has 19 heavy (non-hydrogen) atoms. The van der Waals surface area contributed by atoms with E-state index in [1.165, 1.54) is 0 Å². The Balaban J connectivity index is 2.76. The van der Waals surface area contributed by atoms with Crippen LogP contribution in [0.4, 0.5) is 0 Å². The zero-order valence-corrected chi connectivity index (χ0v) is 11.0. The van der Waals surface area contributed by atoms with E-state index < -0.39 is 15.8 Å². The molecule has 0 radical (unpaired) electrons. The Morgan fingerprint density at radius 2 is 1.21 bits per heavy atom. The Hall–Kier alpha value is -1.95. The Bertz CT molecular complexity index is 647. The molecule has 0 aliphatic carbocycles. The smallest absolute Gasteiger partial charge is 0.230 e. The van der Waals surface area contributed by atoms with Gasteiger partial charge in [-0.3, -0.25) is 5.73 Å². The van der Waals surface area contributed by atoms with Crippen molar-refractivity contribution in [2.24, 2.45) is 11.5 Å². The lowest BCUT2D eigenvalue weighted by Gasteiger charge is -2.28. The summed E-state index contributed by atoms with van der Waals surface area (Å²) in [4.78, 5) is -0.301. The average molecular weight is 274 g/mol. The maximum atomic E-state index is 11.3. The Morgan fingerprint density at radius 1 is 0.842 bits per heavy atom. The van der Waals surface area contributed by atoms with Crippen LogP contribution < -0.4 is 11.5 Å². The van der Waals surface area contributed by atoms with Crippen molar-refractivity contribution < 1.29 is 8.42 Å². The van der Waals surface area contributed by atoms with E-state index in [1.54, 1.807) is 48.5 Å². The molecule has 0 aliphatic heterocycles. The van der Waals surface area contributed by atoms with Crippen molar-refractivity contribution in [2.45, 2.75) is 5.54 Å². The van der Waals surface area contributed by atoms with Crippen LogP contribution >= 0.6 is 0 Å². The van der Waals surface area contributed by atoms with E-state index in [0.717, 1.165) is 0 Å². The molecule has 0 atom stereocenters. The molecule has 0 bridgehead atoms. The van der Waals surface area contributed by atoms with E-state index >= 15 is 0 Å². The highest BCUT2D eigenvalue weighted by molar-refractivity contribution is 7.73. The van der Waals surface area contributed by atoms with Crippen molar-refractivity contribution >= 4 is 15.3 Å². The third kappa shape index (κ3) is 2.44. The van der Waals surface area contributed by atoms with Crippen molar-refractivity contribution in [1.29, 1.82) is 0 Å². The van der Waals surface area contributed by atoms with Gasteiger partial charge in [-0.05, 0) is 11.1 Å². The molecule has 2 rings (SSSR count). The molecule has 4 nitrogen and oxygen atoms in total. The monoisotopic (exact) mass is 274 g/mol. The van der Waals surface area contributed by atoms with E-state index in [9.17, 15) is 8.42 Å². The van der Waals surface area contributed by atoms with E-state index in [2.05, 4.69) is 0 Å². The number of rotatable bonds is 3. The highest BCUT2D eigenvalue weighted by atomic mass is 32.2. The first-order chi connectivity index (χ1) is 9.06. The zero-order valence-electron chi connectivity index (χ0n) is 10.2. The lowest BCUT2D eigenvalue weighted by atomic mass is 9.84. The van der Waals surface area contributed by atoms with Crippen LogP contribution in [0.5, 0.6) is 0 Å². The van der Waals surface area contributed by atoms with Crippen molar-refractivity contribution in [1.82, 2.24) is 0 Å². The number of nitrogens with two attached hydrogens (primary N) is 2. The second-order valence-corrected chi connectivity index (χ2v) is 5.05. The normalized spacial score (nSPS) is 11.1. The molecule has 2 aromatic carbocycles. The molecule has 98 valence electrons. The minimum absolute atomic E-state index is 0.301. The molecule has 0 aromatic heterocycles. The van der Waals surface area contributed by atoms with Gasteiger partial charge in [0.1, 0.15) is 10.5 Å². The van der Waals surface area contributed by atoms with Gasteiger partial charge < -0.3 is 5.73 Å². The Morgan fingerprint density at radius 3 is 1.53 bits per heavy atom. The zero-order chi connectivity index (χ0) is 13.9. The number of hydrogen-bond acceptors (Lipinski definition) is 3. The quantitative estimate of drug-likeness (QED) is 0.813. The van der Waals surface area contributed by atoms with Crippen molar-refractivity contribution in [2.75, 3.05) is 0 Å². The molecule has 0 fully saturated rings. The molecule has 0 aliphatic rings. The summed E-state index contributed by atoms with van der Waals surface area (Å²) in [7, 11) is -2.56. The molecular weight excluding hydrogens is 260 g/mol. The Kier molecular flexibility index (Phi) is 3.80. The molecule has 0 unspecified atom stereocenters. The van der Waals surface area contributed by atoms with Gasteiger partial charge in [0.15, 0.2) is 0 Å². The lowest BCUT2D eigenvalue weighted by molar-refractivity contribution is 0.623. The van der Waals surface area contributed by atoms with Gasteiger partial charge in [-0.2, -0.15) is 8.42 Å². The van der Waals surface area contributed by atoms with Crippen LogP contribution in [0.1, 0.15) is 11.1 Å². The first-order valence-corrected chi connectivity index (χ1v) is 6.76. The second kappa shape index (κ2) is 5.36. The van der Waals surface area contributed by atoms with Crippen LogP contribution in [0.2, 0.25) is 0 Å². The predicted octanol–water partition coefficient (Wildman–Crippen LogP) is 0.857. The standard InChI is InChI=1S/C14H14N2O2S/c15-13(19(17)18)14(16,11-7-3-1-4-8-11)12-9-5-2-6-10-12/h1-10H,15-16H2. The van der Waals surface area contributed by atoms with E-state index in [0.29, 0.717) is 11.1 Å². The molecular formula is C14H14N2O2S. The fraction of sp³-hybridized carbons (Fsp3) is 0.0714. The van der Waals surface area contributed by atoms with Crippen LogP contribution in [-0.2, 0) is 15.8 Å². The summed E-state index contributed by atoms with van der Waals surface area (Å²) in [6.07, 6.45) is 0. The average Bonchev–Trinajstić information content (AvgIpc) is 2.47. The van der Waals surface area contributed by atoms with Crippen LogP contribution in [0.15, 0.2) is 60.7 Å². The first kappa shape index (κ1) is 13.5. The van der Waals surface area contributed by atoms with Crippen LogP contribution in [0, 0.1) is 0 Å². The third-order valence-electron chi connectivity index (χ3n) is 3.03. The summed E-state index contributed by atoms with van der Waals surface area (Å²) in [6.45, 7) is 0. The van der Waals surface area contributed by atoms with Gasteiger partial charge in [0, 0.05) is 0 Å². The molecule has 4 N–H and O–H groups in total. The maximum Gasteiger partial charge on any atom is 0.230 e. The number of benzene rings is 2. The fourth-order valence-corrected chi connectivity index (χ4v) is 2.48. The van der Waals surface area contributed by atoms with Gasteiger partial charge in [0.05, 0.1) is 0 Å². The van der Waals surface area contributed by atoms with E-state index in [1.807, 2.05) is 12.1 Å². The second-order valence-electron chi connectivity index (χ2n) is 4.14. The van der Waals surface area contributed by atoms with Crippen LogP contribution in [0.3, 0.4) is 0 Å². The van der Waals surface area contributed by atoms with Gasteiger partial charge in [-0.1, -0.05) is 60.7 Å². The van der Waals surface area contributed by atoms with Gasteiger partial charge in [-0.25, -0.2) is 0 Å². The minimum atomic E-state index is -2.56.